The number of hydrogen-bond donors (Lipinski definition) is 1. The van der Waals surface area contributed by atoms with E-state index in [1.165, 1.54) is 48.7 Å². The Morgan fingerprint density at radius 2 is 2.15 bits per heavy atom. The van der Waals surface area contributed by atoms with Crippen molar-refractivity contribution in [1.29, 1.82) is 0 Å². The summed E-state index contributed by atoms with van der Waals surface area (Å²) in [5, 5.41) is 3.87. The minimum absolute atomic E-state index is 0.414. The molecule has 1 N–H and O–H groups in total. The van der Waals surface area contributed by atoms with Crippen molar-refractivity contribution in [2.45, 2.75) is 57.2 Å². The molecule has 1 spiro atoms. The lowest BCUT2D eigenvalue weighted by atomic mass is 9.91. The lowest BCUT2D eigenvalue weighted by Gasteiger charge is -2.46. The first-order chi connectivity index (χ1) is 9.71. The molecule has 2 fully saturated rings. The van der Waals surface area contributed by atoms with Gasteiger partial charge in [0.2, 0.25) is 0 Å². The molecule has 110 valence electrons. The van der Waals surface area contributed by atoms with Crippen molar-refractivity contribution < 1.29 is 0 Å². The van der Waals surface area contributed by atoms with Crippen LogP contribution in [-0.2, 0) is 6.54 Å². The number of halogens is 1. The van der Waals surface area contributed by atoms with Gasteiger partial charge < -0.3 is 5.32 Å². The van der Waals surface area contributed by atoms with Gasteiger partial charge in [-0.15, -0.1) is 0 Å². The monoisotopic (exact) mass is 336 g/mol. The van der Waals surface area contributed by atoms with Gasteiger partial charge in [0.15, 0.2) is 0 Å². The van der Waals surface area contributed by atoms with E-state index >= 15 is 0 Å². The number of hydrogen-bond acceptors (Lipinski definition) is 2. The Kier molecular flexibility index (Phi) is 4.49. The van der Waals surface area contributed by atoms with E-state index in [-0.39, 0.29) is 0 Å². The Morgan fingerprint density at radius 3 is 2.85 bits per heavy atom. The Bertz CT molecular complexity index is 454. The van der Waals surface area contributed by atoms with Crippen molar-refractivity contribution in [2.24, 2.45) is 0 Å². The molecule has 2 nitrogen and oxygen atoms in total. The highest BCUT2D eigenvalue weighted by Crippen LogP contribution is 2.34. The van der Waals surface area contributed by atoms with Crippen LogP contribution >= 0.6 is 15.9 Å². The molecule has 1 aliphatic heterocycles. The first kappa shape index (κ1) is 14.6. The Hall–Kier alpha value is -0.380. The molecule has 20 heavy (non-hydrogen) atoms. The van der Waals surface area contributed by atoms with E-state index in [9.17, 15) is 0 Å². The van der Waals surface area contributed by atoms with Crippen LogP contribution in [0.2, 0.25) is 0 Å². The van der Waals surface area contributed by atoms with Crippen LogP contribution in [0.3, 0.4) is 0 Å². The topological polar surface area (TPSA) is 15.3 Å². The zero-order chi connectivity index (χ0) is 14.0. The molecule has 0 aromatic heterocycles. The van der Waals surface area contributed by atoms with Crippen LogP contribution in [0.1, 0.15) is 44.6 Å². The van der Waals surface area contributed by atoms with Crippen LogP contribution in [0.5, 0.6) is 0 Å². The van der Waals surface area contributed by atoms with E-state index in [0.29, 0.717) is 11.6 Å². The van der Waals surface area contributed by atoms with Gasteiger partial charge in [-0.25, -0.2) is 0 Å². The quantitative estimate of drug-likeness (QED) is 0.899. The van der Waals surface area contributed by atoms with Gasteiger partial charge in [0, 0.05) is 35.7 Å². The van der Waals surface area contributed by atoms with Crippen molar-refractivity contribution in [3.05, 3.63) is 34.3 Å². The van der Waals surface area contributed by atoms with E-state index in [4.69, 9.17) is 0 Å². The van der Waals surface area contributed by atoms with Crippen molar-refractivity contribution in [3.8, 4) is 0 Å². The van der Waals surface area contributed by atoms with E-state index in [0.717, 1.165) is 13.1 Å². The van der Waals surface area contributed by atoms with E-state index in [1.54, 1.807) is 0 Å². The second-order valence-corrected chi connectivity index (χ2v) is 7.38. The molecule has 0 radical (unpaired) electrons. The van der Waals surface area contributed by atoms with Gasteiger partial charge in [-0.2, -0.15) is 0 Å². The fraction of sp³-hybridized carbons (Fsp3) is 0.647. The number of rotatable bonds is 3. The van der Waals surface area contributed by atoms with E-state index in [2.05, 4.69) is 57.3 Å². The molecule has 1 aromatic carbocycles. The summed E-state index contributed by atoms with van der Waals surface area (Å²) in [5.41, 5.74) is 1.84. The molecular weight excluding hydrogens is 312 g/mol. The highest BCUT2D eigenvalue weighted by molar-refractivity contribution is 9.10. The van der Waals surface area contributed by atoms with Crippen molar-refractivity contribution in [2.75, 3.05) is 13.1 Å². The van der Waals surface area contributed by atoms with Gasteiger partial charge >= 0.3 is 0 Å². The molecule has 1 atom stereocenters. The van der Waals surface area contributed by atoms with Crippen LogP contribution in [0.4, 0.5) is 0 Å². The largest absolute Gasteiger partial charge is 0.308 e. The normalized spacial score (nSPS) is 26.2. The summed E-state index contributed by atoms with van der Waals surface area (Å²) in [6, 6.07) is 9.45. The van der Waals surface area contributed by atoms with Gasteiger partial charge in [-0.1, -0.05) is 47.8 Å². The maximum absolute atomic E-state index is 3.87. The summed E-state index contributed by atoms with van der Waals surface area (Å²) in [6.45, 7) is 5.77. The number of nitrogens with one attached hydrogen (secondary N) is 1. The number of nitrogens with zero attached hydrogens (tertiary/aromatic N) is 1. The summed E-state index contributed by atoms with van der Waals surface area (Å²) < 4.78 is 1.19. The number of piperazine rings is 1. The van der Waals surface area contributed by atoms with E-state index in [1.807, 2.05) is 0 Å². The minimum atomic E-state index is 0.414. The molecule has 0 bridgehead atoms. The van der Waals surface area contributed by atoms with Crippen molar-refractivity contribution in [3.63, 3.8) is 0 Å². The lowest BCUT2D eigenvalue weighted by Crippen LogP contribution is -2.62. The predicted octanol–water partition coefficient (Wildman–Crippen LogP) is 3.95. The molecule has 1 aromatic rings. The highest BCUT2D eigenvalue weighted by atomic mass is 79.9. The lowest BCUT2D eigenvalue weighted by molar-refractivity contribution is 0.0718. The van der Waals surface area contributed by atoms with Gasteiger partial charge in [-0.05, 0) is 37.0 Å². The average Bonchev–Trinajstić information content (AvgIpc) is 2.87. The Balaban J connectivity index is 1.74. The third kappa shape index (κ3) is 3.10. The Morgan fingerprint density at radius 1 is 1.35 bits per heavy atom. The van der Waals surface area contributed by atoms with Gasteiger partial charge in [0.25, 0.3) is 0 Å². The SMILES string of the molecule is CCC1CNC2(CCCC2)CN1Cc1cccc(Br)c1. The smallest absolute Gasteiger partial charge is 0.0309 e. The van der Waals surface area contributed by atoms with Gasteiger partial charge in [0.1, 0.15) is 0 Å². The van der Waals surface area contributed by atoms with E-state index < -0.39 is 0 Å². The second kappa shape index (κ2) is 6.17. The molecule has 1 aliphatic carbocycles. The molecule has 3 heteroatoms. The molecule has 1 saturated heterocycles. The molecule has 1 saturated carbocycles. The molecule has 0 amide bonds. The molecule has 1 heterocycles. The summed E-state index contributed by atoms with van der Waals surface area (Å²) in [5.74, 6) is 0. The second-order valence-electron chi connectivity index (χ2n) is 6.47. The zero-order valence-corrected chi connectivity index (χ0v) is 14.0. The van der Waals surface area contributed by atoms with Gasteiger partial charge in [0.05, 0.1) is 0 Å². The molecule has 2 aliphatic rings. The Labute approximate surface area is 131 Å². The van der Waals surface area contributed by atoms with Crippen LogP contribution in [-0.4, -0.2) is 29.6 Å². The third-order valence-corrected chi connectivity index (χ3v) is 5.53. The van der Waals surface area contributed by atoms with Crippen LogP contribution in [0.15, 0.2) is 28.7 Å². The van der Waals surface area contributed by atoms with Gasteiger partial charge in [-0.3, -0.25) is 4.90 Å². The molecular formula is C17H25BrN2. The molecule has 1 unspecified atom stereocenters. The van der Waals surface area contributed by atoms with Crippen LogP contribution < -0.4 is 5.32 Å². The fourth-order valence-corrected chi connectivity index (χ4v) is 4.33. The summed E-state index contributed by atoms with van der Waals surface area (Å²) in [6.07, 6.45) is 6.75. The fourth-order valence-electron chi connectivity index (χ4n) is 3.88. The van der Waals surface area contributed by atoms with Crippen LogP contribution in [0.25, 0.3) is 0 Å². The maximum atomic E-state index is 3.87. The van der Waals surface area contributed by atoms with Crippen LogP contribution in [0, 0.1) is 0 Å². The van der Waals surface area contributed by atoms with Crippen molar-refractivity contribution in [1.82, 2.24) is 10.2 Å². The predicted molar refractivity (Wildman–Crippen MR) is 87.8 cm³/mol. The average molecular weight is 337 g/mol. The summed E-state index contributed by atoms with van der Waals surface area (Å²) in [4.78, 5) is 2.71. The summed E-state index contributed by atoms with van der Waals surface area (Å²) in [7, 11) is 0. The summed E-state index contributed by atoms with van der Waals surface area (Å²) >= 11 is 3.59. The standard InChI is InChI=1S/C17H25BrN2/c1-2-16-11-19-17(8-3-4-9-17)13-20(16)12-14-6-5-7-15(18)10-14/h5-7,10,16,19H,2-4,8-9,11-13H2,1H3. The highest BCUT2D eigenvalue weighted by Gasteiger charge is 2.40. The maximum Gasteiger partial charge on any atom is 0.0309 e. The third-order valence-electron chi connectivity index (χ3n) is 5.04. The van der Waals surface area contributed by atoms with Crippen molar-refractivity contribution >= 4 is 15.9 Å². The first-order valence-electron chi connectivity index (χ1n) is 7.94. The zero-order valence-electron chi connectivity index (χ0n) is 12.4. The molecule has 3 rings (SSSR count). The number of benzene rings is 1. The minimum Gasteiger partial charge on any atom is -0.308 e. The first-order valence-corrected chi connectivity index (χ1v) is 8.74.